The van der Waals surface area contributed by atoms with E-state index in [2.05, 4.69) is 15.3 Å². The third-order valence-corrected chi connectivity index (χ3v) is 4.64. The minimum absolute atomic E-state index is 0.0218. The van der Waals surface area contributed by atoms with Crippen LogP contribution in [0.2, 0.25) is 10.0 Å². The molecule has 3 aromatic rings. The van der Waals surface area contributed by atoms with Gasteiger partial charge in [0.1, 0.15) is 0 Å². The number of hydrogen-bond donors (Lipinski definition) is 2. The van der Waals surface area contributed by atoms with Crippen LogP contribution in [0.5, 0.6) is 0 Å². The van der Waals surface area contributed by atoms with Crippen LogP contribution in [0.1, 0.15) is 27.3 Å². The monoisotopic (exact) mass is 401 g/mol. The van der Waals surface area contributed by atoms with Crippen molar-refractivity contribution in [1.29, 1.82) is 0 Å². The van der Waals surface area contributed by atoms with Crippen LogP contribution in [0.3, 0.4) is 0 Å². The average Bonchev–Trinajstić information content (AvgIpc) is 2.66. The summed E-state index contributed by atoms with van der Waals surface area (Å²) < 4.78 is 0. The molecule has 0 saturated carbocycles. The number of rotatable bonds is 4. The van der Waals surface area contributed by atoms with Crippen LogP contribution >= 0.6 is 23.2 Å². The van der Waals surface area contributed by atoms with Crippen molar-refractivity contribution in [2.24, 2.45) is 0 Å². The molecule has 0 saturated heterocycles. The van der Waals surface area contributed by atoms with E-state index in [-0.39, 0.29) is 12.4 Å². The SMILES string of the molecule is Cc1cc(CO)cc(C)c1NC(=O)c1nccc(-c2cc(Cl)ccc2Cl)n1. The molecule has 2 N–H and O–H groups in total. The summed E-state index contributed by atoms with van der Waals surface area (Å²) in [6.45, 7) is 3.68. The van der Waals surface area contributed by atoms with Gasteiger partial charge in [0.05, 0.1) is 17.3 Å². The number of carbonyl (C=O) groups is 1. The first kappa shape index (κ1) is 19.3. The number of aryl methyl sites for hydroxylation is 2. The first-order valence-electron chi connectivity index (χ1n) is 8.20. The summed E-state index contributed by atoms with van der Waals surface area (Å²) in [6.07, 6.45) is 1.50. The zero-order valence-corrected chi connectivity index (χ0v) is 16.3. The van der Waals surface area contributed by atoms with Gasteiger partial charge in [-0.2, -0.15) is 0 Å². The molecule has 0 aliphatic rings. The minimum atomic E-state index is -0.432. The van der Waals surface area contributed by atoms with E-state index in [1.165, 1.54) is 6.20 Å². The van der Waals surface area contributed by atoms with Crippen LogP contribution < -0.4 is 5.32 Å². The summed E-state index contributed by atoms with van der Waals surface area (Å²) in [5, 5.41) is 13.1. The van der Waals surface area contributed by atoms with Gasteiger partial charge in [0.2, 0.25) is 5.82 Å². The maximum absolute atomic E-state index is 12.7. The van der Waals surface area contributed by atoms with E-state index in [4.69, 9.17) is 23.2 Å². The fraction of sp³-hybridized carbons (Fsp3) is 0.150. The Balaban J connectivity index is 1.92. The average molecular weight is 402 g/mol. The number of nitrogens with one attached hydrogen (secondary N) is 1. The molecular weight excluding hydrogens is 385 g/mol. The highest BCUT2D eigenvalue weighted by atomic mass is 35.5. The highest BCUT2D eigenvalue weighted by molar-refractivity contribution is 6.35. The second-order valence-corrected chi connectivity index (χ2v) is 6.95. The van der Waals surface area contributed by atoms with Crippen LogP contribution in [0, 0.1) is 13.8 Å². The normalized spacial score (nSPS) is 10.7. The Morgan fingerprint density at radius 1 is 1.11 bits per heavy atom. The van der Waals surface area contributed by atoms with Crippen molar-refractivity contribution in [3.63, 3.8) is 0 Å². The van der Waals surface area contributed by atoms with Gasteiger partial charge < -0.3 is 10.4 Å². The smallest absolute Gasteiger partial charge is 0.293 e. The number of hydrogen-bond acceptors (Lipinski definition) is 4. The lowest BCUT2D eigenvalue weighted by Gasteiger charge is -2.13. The fourth-order valence-corrected chi connectivity index (χ4v) is 3.21. The Labute approximate surface area is 167 Å². The lowest BCUT2D eigenvalue weighted by Crippen LogP contribution is -2.17. The lowest BCUT2D eigenvalue weighted by molar-refractivity contribution is 0.101. The molecule has 0 aliphatic heterocycles. The van der Waals surface area contributed by atoms with Crippen LogP contribution in [-0.4, -0.2) is 21.0 Å². The summed E-state index contributed by atoms with van der Waals surface area (Å²) in [5.41, 5.74) is 4.29. The van der Waals surface area contributed by atoms with E-state index >= 15 is 0 Å². The molecule has 0 bridgehead atoms. The quantitative estimate of drug-likeness (QED) is 0.657. The molecule has 2 aromatic carbocycles. The maximum atomic E-state index is 12.7. The maximum Gasteiger partial charge on any atom is 0.293 e. The summed E-state index contributed by atoms with van der Waals surface area (Å²) in [5.74, 6) is -0.411. The molecule has 0 atom stereocenters. The first-order valence-corrected chi connectivity index (χ1v) is 8.95. The zero-order chi connectivity index (χ0) is 19.6. The molecule has 5 nitrogen and oxygen atoms in total. The number of carbonyl (C=O) groups excluding carboxylic acids is 1. The number of halogens is 2. The predicted octanol–water partition coefficient (Wildman–Crippen LogP) is 4.81. The number of aliphatic hydroxyl groups is 1. The molecule has 1 aromatic heterocycles. The van der Waals surface area contributed by atoms with Crippen molar-refractivity contribution in [3.05, 3.63) is 75.2 Å². The molecule has 0 fully saturated rings. The highest BCUT2D eigenvalue weighted by Crippen LogP contribution is 2.29. The first-order chi connectivity index (χ1) is 12.9. The number of aliphatic hydroxyl groups excluding tert-OH is 1. The number of benzene rings is 2. The van der Waals surface area contributed by atoms with Gasteiger partial charge in [0.15, 0.2) is 0 Å². The molecule has 27 heavy (non-hydrogen) atoms. The van der Waals surface area contributed by atoms with Crippen LogP contribution in [0.25, 0.3) is 11.3 Å². The largest absolute Gasteiger partial charge is 0.392 e. The highest BCUT2D eigenvalue weighted by Gasteiger charge is 2.15. The van der Waals surface area contributed by atoms with Gasteiger partial charge in [0.25, 0.3) is 5.91 Å². The van der Waals surface area contributed by atoms with Gasteiger partial charge in [-0.3, -0.25) is 4.79 Å². The van der Waals surface area contributed by atoms with Gasteiger partial charge in [-0.1, -0.05) is 35.3 Å². The Hall–Kier alpha value is -2.47. The van der Waals surface area contributed by atoms with E-state index in [0.717, 1.165) is 16.7 Å². The van der Waals surface area contributed by atoms with E-state index in [9.17, 15) is 9.90 Å². The molecular formula is C20H17Cl2N3O2. The van der Waals surface area contributed by atoms with Crippen LogP contribution in [-0.2, 0) is 6.61 Å². The number of aromatic nitrogens is 2. The van der Waals surface area contributed by atoms with E-state index in [1.807, 2.05) is 26.0 Å². The molecule has 0 aliphatic carbocycles. The summed E-state index contributed by atoms with van der Waals surface area (Å²) in [7, 11) is 0. The van der Waals surface area contributed by atoms with Crippen molar-refractivity contribution >= 4 is 34.8 Å². The molecule has 138 valence electrons. The fourth-order valence-electron chi connectivity index (χ4n) is 2.82. The van der Waals surface area contributed by atoms with E-state index < -0.39 is 5.91 Å². The van der Waals surface area contributed by atoms with E-state index in [1.54, 1.807) is 24.3 Å². The third kappa shape index (κ3) is 4.27. The Morgan fingerprint density at radius 3 is 2.48 bits per heavy atom. The standard InChI is InChI=1S/C20H17Cl2N3O2/c1-11-7-13(10-26)8-12(2)18(11)25-20(27)19-23-6-5-17(24-19)15-9-14(21)3-4-16(15)22/h3-9,26H,10H2,1-2H3,(H,25,27). The number of nitrogens with zero attached hydrogens (tertiary/aromatic N) is 2. The van der Waals surface area contributed by atoms with Crippen LogP contribution in [0.15, 0.2) is 42.6 Å². The molecule has 0 unspecified atom stereocenters. The zero-order valence-electron chi connectivity index (χ0n) is 14.8. The van der Waals surface area contributed by atoms with Gasteiger partial charge in [-0.25, -0.2) is 9.97 Å². The van der Waals surface area contributed by atoms with Crippen molar-refractivity contribution in [2.45, 2.75) is 20.5 Å². The van der Waals surface area contributed by atoms with Gasteiger partial charge in [-0.05, 0) is 54.8 Å². The van der Waals surface area contributed by atoms with Crippen molar-refractivity contribution in [3.8, 4) is 11.3 Å². The second-order valence-electron chi connectivity index (χ2n) is 6.11. The summed E-state index contributed by atoms with van der Waals surface area (Å²) in [6, 6.07) is 10.4. The number of anilines is 1. The van der Waals surface area contributed by atoms with Crippen LogP contribution in [0.4, 0.5) is 5.69 Å². The Kier molecular flexibility index (Phi) is 5.75. The molecule has 3 rings (SSSR count). The number of amides is 1. The predicted molar refractivity (Wildman–Crippen MR) is 107 cm³/mol. The van der Waals surface area contributed by atoms with Crippen molar-refractivity contribution in [1.82, 2.24) is 9.97 Å². The Morgan fingerprint density at radius 2 is 1.81 bits per heavy atom. The van der Waals surface area contributed by atoms with Gasteiger partial charge in [-0.15, -0.1) is 0 Å². The summed E-state index contributed by atoms with van der Waals surface area (Å²) >= 11 is 12.3. The second kappa shape index (κ2) is 8.05. The van der Waals surface area contributed by atoms with Gasteiger partial charge >= 0.3 is 0 Å². The molecule has 0 radical (unpaired) electrons. The van der Waals surface area contributed by atoms with Crippen molar-refractivity contribution in [2.75, 3.05) is 5.32 Å². The minimum Gasteiger partial charge on any atom is -0.392 e. The molecule has 0 spiro atoms. The van der Waals surface area contributed by atoms with Crippen molar-refractivity contribution < 1.29 is 9.90 Å². The molecule has 1 amide bonds. The van der Waals surface area contributed by atoms with E-state index in [0.29, 0.717) is 27.0 Å². The van der Waals surface area contributed by atoms with Gasteiger partial charge in [0, 0.05) is 22.5 Å². The lowest BCUT2D eigenvalue weighted by atomic mass is 10.0. The Bertz CT molecular complexity index is 999. The third-order valence-electron chi connectivity index (χ3n) is 4.08. The molecule has 1 heterocycles. The summed E-state index contributed by atoms with van der Waals surface area (Å²) in [4.78, 5) is 21.1. The topological polar surface area (TPSA) is 75.1 Å². The molecule has 7 heteroatoms.